The van der Waals surface area contributed by atoms with Gasteiger partial charge < -0.3 is 9.47 Å². The SMILES string of the molecule is CN[C@@H]1COc2ccc(F)c(-c3ccccc3Cl)c2O1. The first kappa shape index (κ1) is 13.2. The van der Waals surface area contributed by atoms with E-state index in [4.69, 9.17) is 21.1 Å². The molecule has 1 aliphatic heterocycles. The van der Waals surface area contributed by atoms with Gasteiger partial charge in [0, 0.05) is 10.6 Å². The van der Waals surface area contributed by atoms with Crippen LogP contribution in [0.1, 0.15) is 0 Å². The van der Waals surface area contributed by atoms with E-state index in [0.29, 0.717) is 34.3 Å². The van der Waals surface area contributed by atoms with Crippen LogP contribution in [-0.2, 0) is 0 Å². The normalized spacial score (nSPS) is 17.1. The highest BCUT2D eigenvalue weighted by molar-refractivity contribution is 6.33. The predicted octanol–water partition coefficient (Wildman–Crippen LogP) is 3.46. The highest BCUT2D eigenvalue weighted by atomic mass is 35.5. The number of fused-ring (bicyclic) bond motifs is 1. The molecule has 0 amide bonds. The Morgan fingerprint density at radius 3 is 2.80 bits per heavy atom. The van der Waals surface area contributed by atoms with Crippen molar-refractivity contribution in [2.45, 2.75) is 6.23 Å². The average molecular weight is 294 g/mol. The molecular weight excluding hydrogens is 281 g/mol. The van der Waals surface area contributed by atoms with E-state index in [1.54, 1.807) is 37.4 Å². The highest BCUT2D eigenvalue weighted by Crippen LogP contribution is 2.44. The summed E-state index contributed by atoms with van der Waals surface area (Å²) in [6.07, 6.45) is -0.314. The molecule has 0 spiro atoms. The van der Waals surface area contributed by atoms with Gasteiger partial charge in [-0.05, 0) is 25.2 Å². The third-order valence-corrected chi connectivity index (χ3v) is 3.52. The fraction of sp³-hybridized carbons (Fsp3) is 0.200. The minimum atomic E-state index is -0.391. The minimum absolute atomic E-state index is 0.314. The van der Waals surface area contributed by atoms with Gasteiger partial charge in [0.05, 0.1) is 5.56 Å². The van der Waals surface area contributed by atoms with Crippen LogP contribution < -0.4 is 14.8 Å². The summed E-state index contributed by atoms with van der Waals surface area (Å²) < 4.78 is 25.6. The van der Waals surface area contributed by atoms with E-state index in [9.17, 15) is 4.39 Å². The zero-order valence-corrected chi connectivity index (χ0v) is 11.6. The summed E-state index contributed by atoms with van der Waals surface area (Å²) in [6, 6.07) is 10.0. The molecule has 1 N–H and O–H groups in total. The Labute approximate surface area is 121 Å². The maximum atomic E-state index is 14.3. The second kappa shape index (κ2) is 5.31. The lowest BCUT2D eigenvalue weighted by atomic mass is 10.0. The van der Waals surface area contributed by atoms with Crippen molar-refractivity contribution in [3.63, 3.8) is 0 Å². The molecule has 2 aromatic rings. The standard InChI is InChI=1S/C15H13ClFNO2/c1-18-13-8-19-12-7-6-11(17)14(15(12)20-13)9-4-2-3-5-10(9)16/h2-7,13,18H,8H2,1H3/t13-/m0/s1. The number of hydrogen-bond acceptors (Lipinski definition) is 3. The van der Waals surface area contributed by atoms with Crippen LogP contribution in [0.5, 0.6) is 11.5 Å². The number of rotatable bonds is 2. The van der Waals surface area contributed by atoms with Gasteiger partial charge in [-0.3, -0.25) is 5.32 Å². The van der Waals surface area contributed by atoms with Gasteiger partial charge in [0.2, 0.25) is 0 Å². The number of halogens is 2. The van der Waals surface area contributed by atoms with Crippen LogP contribution >= 0.6 is 11.6 Å². The van der Waals surface area contributed by atoms with Gasteiger partial charge in [-0.25, -0.2) is 4.39 Å². The number of ether oxygens (including phenoxy) is 2. The Morgan fingerprint density at radius 2 is 2.05 bits per heavy atom. The quantitative estimate of drug-likeness (QED) is 0.920. The summed E-state index contributed by atoms with van der Waals surface area (Å²) in [6.45, 7) is 0.372. The first-order valence-electron chi connectivity index (χ1n) is 6.25. The van der Waals surface area contributed by atoms with E-state index < -0.39 is 5.82 Å². The lowest BCUT2D eigenvalue weighted by molar-refractivity contribution is 0.0729. The fourth-order valence-corrected chi connectivity index (χ4v) is 2.40. The molecule has 0 saturated heterocycles. The van der Waals surface area contributed by atoms with E-state index in [-0.39, 0.29) is 6.23 Å². The van der Waals surface area contributed by atoms with E-state index in [2.05, 4.69) is 5.32 Å². The summed E-state index contributed by atoms with van der Waals surface area (Å²) >= 11 is 6.16. The molecule has 1 heterocycles. The molecule has 0 unspecified atom stereocenters. The van der Waals surface area contributed by atoms with Crippen molar-refractivity contribution in [1.29, 1.82) is 0 Å². The first-order valence-corrected chi connectivity index (χ1v) is 6.62. The van der Waals surface area contributed by atoms with Crippen molar-refractivity contribution in [1.82, 2.24) is 5.32 Å². The zero-order valence-electron chi connectivity index (χ0n) is 10.8. The van der Waals surface area contributed by atoms with Crippen molar-refractivity contribution in [3.8, 4) is 22.6 Å². The van der Waals surface area contributed by atoms with Crippen LogP contribution in [0.15, 0.2) is 36.4 Å². The average Bonchev–Trinajstić information content (AvgIpc) is 2.48. The molecule has 3 nitrogen and oxygen atoms in total. The lowest BCUT2D eigenvalue weighted by Crippen LogP contribution is -2.39. The van der Waals surface area contributed by atoms with E-state index in [1.807, 2.05) is 0 Å². The topological polar surface area (TPSA) is 30.5 Å². The predicted molar refractivity (Wildman–Crippen MR) is 75.8 cm³/mol. The van der Waals surface area contributed by atoms with Crippen LogP contribution in [0.4, 0.5) is 4.39 Å². The Bertz CT molecular complexity index is 648. The molecule has 1 aliphatic rings. The lowest BCUT2D eigenvalue weighted by Gasteiger charge is -2.28. The molecule has 0 fully saturated rings. The van der Waals surface area contributed by atoms with Gasteiger partial charge in [0.1, 0.15) is 12.4 Å². The van der Waals surface area contributed by atoms with Crippen LogP contribution in [0.2, 0.25) is 5.02 Å². The Hall–Kier alpha value is -1.78. The molecule has 3 rings (SSSR count). The van der Waals surface area contributed by atoms with E-state index in [1.165, 1.54) is 6.07 Å². The summed E-state index contributed by atoms with van der Waals surface area (Å²) in [5.41, 5.74) is 0.914. The molecule has 0 aliphatic carbocycles. The second-order valence-electron chi connectivity index (χ2n) is 4.44. The van der Waals surface area contributed by atoms with Crippen LogP contribution in [0, 0.1) is 5.82 Å². The van der Waals surface area contributed by atoms with Gasteiger partial charge in [-0.1, -0.05) is 29.8 Å². The molecule has 0 radical (unpaired) electrons. The number of likely N-dealkylation sites (N-methyl/N-ethyl adjacent to an activating group) is 1. The summed E-state index contributed by atoms with van der Waals surface area (Å²) in [4.78, 5) is 0. The molecule has 2 aromatic carbocycles. The summed E-state index contributed by atoms with van der Waals surface area (Å²) in [7, 11) is 1.76. The van der Waals surface area contributed by atoms with Crippen LogP contribution in [0.25, 0.3) is 11.1 Å². The molecule has 1 atom stereocenters. The minimum Gasteiger partial charge on any atom is -0.484 e. The zero-order chi connectivity index (χ0) is 14.1. The number of nitrogens with one attached hydrogen (secondary N) is 1. The monoisotopic (exact) mass is 293 g/mol. The molecule has 0 aromatic heterocycles. The summed E-state index contributed by atoms with van der Waals surface area (Å²) in [5, 5.41) is 3.42. The Balaban J connectivity index is 2.18. The van der Waals surface area contributed by atoms with Crippen molar-refractivity contribution in [3.05, 3.63) is 47.2 Å². The molecular formula is C15H13ClFNO2. The molecule has 0 bridgehead atoms. The molecule has 0 saturated carbocycles. The number of hydrogen-bond donors (Lipinski definition) is 1. The van der Waals surface area contributed by atoms with E-state index >= 15 is 0 Å². The first-order chi connectivity index (χ1) is 9.70. The second-order valence-corrected chi connectivity index (χ2v) is 4.84. The van der Waals surface area contributed by atoms with Gasteiger partial charge in [0.25, 0.3) is 0 Å². The largest absolute Gasteiger partial charge is 0.484 e. The van der Waals surface area contributed by atoms with Crippen molar-refractivity contribution >= 4 is 11.6 Å². The maximum Gasteiger partial charge on any atom is 0.184 e. The van der Waals surface area contributed by atoms with Crippen LogP contribution in [-0.4, -0.2) is 19.9 Å². The Morgan fingerprint density at radius 1 is 1.25 bits per heavy atom. The van der Waals surface area contributed by atoms with Gasteiger partial charge >= 0.3 is 0 Å². The molecule has 20 heavy (non-hydrogen) atoms. The highest BCUT2D eigenvalue weighted by Gasteiger charge is 2.26. The van der Waals surface area contributed by atoms with Gasteiger partial charge in [0.15, 0.2) is 17.7 Å². The van der Waals surface area contributed by atoms with E-state index in [0.717, 1.165) is 0 Å². The maximum absolute atomic E-state index is 14.3. The third-order valence-electron chi connectivity index (χ3n) is 3.19. The van der Waals surface area contributed by atoms with Crippen molar-refractivity contribution in [2.24, 2.45) is 0 Å². The summed E-state index contributed by atoms with van der Waals surface area (Å²) in [5.74, 6) is 0.508. The third kappa shape index (κ3) is 2.21. The van der Waals surface area contributed by atoms with Gasteiger partial charge in [-0.2, -0.15) is 0 Å². The fourth-order valence-electron chi connectivity index (χ4n) is 2.17. The van der Waals surface area contributed by atoms with Crippen LogP contribution in [0.3, 0.4) is 0 Å². The molecule has 5 heteroatoms. The van der Waals surface area contributed by atoms with Gasteiger partial charge in [-0.15, -0.1) is 0 Å². The van der Waals surface area contributed by atoms with Crippen molar-refractivity contribution < 1.29 is 13.9 Å². The molecule has 104 valence electrons. The smallest absolute Gasteiger partial charge is 0.184 e. The Kier molecular flexibility index (Phi) is 3.51. The van der Waals surface area contributed by atoms with Crippen molar-refractivity contribution in [2.75, 3.05) is 13.7 Å². The number of benzene rings is 2.